The van der Waals surface area contributed by atoms with Crippen molar-refractivity contribution in [3.63, 3.8) is 0 Å². The van der Waals surface area contributed by atoms with Crippen LogP contribution in [0.15, 0.2) is 30.3 Å². The lowest BCUT2D eigenvalue weighted by Gasteiger charge is -2.10. The van der Waals surface area contributed by atoms with E-state index in [1.807, 2.05) is 0 Å². The molecule has 0 fully saturated rings. The van der Waals surface area contributed by atoms with Gasteiger partial charge < -0.3 is 15.4 Å². The molecular formula is C15H12ClF3N2O2. The van der Waals surface area contributed by atoms with Crippen molar-refractivity contribution in [1.82, 2.24) is 0 Å². The molecule has 0 aliphatic rings. The van der Waals surface area contributed by atoms with Crippen LogP contribution in [0.5, 0.6) is 5.75 Å². The highest BCUT2D eigenvalue weighted by molar-refractivity contribution is 6.32. The van der Waals surface area contributed by atoms with Crippen LogP contribution in [-0.2, 0) is 4.79 Å². The molecule has 1 amide bonds. The lowest BCUT2D eigenvalue weighted by atomic mass is 10.2. The van der Waals surface area contributed by atoms with Crippen LogP contribution >= 0.6 is 11.6 Å². The molecule has 0 aromatic heterocycles. The smallest absolute Gasteiger partial charge is 0.243 e. The molecule has 0 radical (unpaired) electrons. The number of rotatable bonds is 5. The number of hydrogen-bond donors (Lipinski definition) is 2. The lowest BCUT2D eigenvalue weighted by Crippen LogP contribution is -2.22. The Kier molecular flexibility index (Phi) is 5.33. The second-order valence-electron chi connectivity index (χ2n) is 4.47. The van der Waals surface area contributed by atoms with Gasteiger partial charge in [-0.2, -0.15) is 0 Å². The Bertz CT molecular complexity index is 741. The summed E-state index contributed by atoms with van der Waals surface area (Å²) < 4.78 is 44.3. The van der Waals surface area contributed by atoms with E-state index in [4.69, 9.17) is 16.3 Å². The number of benzene rings is 2. The normalized spacial score (nSPS) is 10.3. The molecule has 0 aliphatic carbocycles. The largest absolute Gasteiger partial charge is 0.495 e. The third-order valence-electron chi connectivity index (χ3n) is 2.91. The number of carbonyl (C=O) groups is 1. The molecule has 0 unspecified atom stereocenters. The quantitative estimate of drug-likeness (QED) is 0.811. The molecule has 0 saturated carbocycles. The van der Waals surface area contributed by atoms with Crippen molar-refractivity contribution in [3.8, 4) is 5.75 Å². The first-order chi connectivity index (χ1) is 10.9. The molecular weight excluding hydrogens is 333 g/mol. The molecule has 8 heteroatoms. The highest BCUT2D eigenvalue weighted by atomic mass is 35.5. The van der Waals surface area contributed by atoms with Crippen molar-refractivity contribution in [2.45, 2.75) is 0 Å². The summed E-state index contributed by atoms with van der Waals surface area (Å²) in [5.41, 5.74) is 0.0974. The van der Waals surface area contributed by atoms with E-state index < -0.39 is 23.4 Å². The number of carbonyl (C=O) groups excluding carboxylic acids is 1. The van der Waals surface area contributed by atoms with Gasteiger partial charge in [0.25, 0.3) is 0 Å². The molecule has 0 bridgehead atoms. The number of methoxy groups -OCH3 is 1. The molecule has 2 aromatic carbocycles. The average Bonchev–Trinajstić information content (AvgIpc) is 2.52. The SMILES string of the molecule is COc1ccc(NC(=O)CNc2ccc(F)c(F)c2F)cc1Cl. The maximum absolute atomic E-state index is 13.4. The van der Waals surface area contributed by atoms with Crippen LogP contribution in [0.2, 0.25) is 5.02 Å². The Labute approximate surface area is 135 Å². The predicted molar refractivity (Wildman–Crippen MR) is 81.4 cm³/mol. The number of halogens is 4. The summed E-state index contributed by atoms with van der Waals surface area (Å²) in [5, 5.41) is 5.21. The van der Waals surface area contributed by atoms with Gasteiger partial charge >= 0.3 is 0 Å². The van der Waals surface area contributed by atoms with Crippen molar-refractivity contribution in [2.24, 2.45) is 0 Å². The maximum Gasteiger partial charge on any atom is 0.243 e. The van der Waals surface area contributed by atoms with E-state index in [2.05, 4.69) is 10.6 Å². The first kappa shape index (κ1) is 17.0. The Morgan fingerprint density at radius 3 is 2.57 bits per heavy atom. The summed E-state index contributed by atoms with van der Waals surface area (Å²) in [6.07, 6.45) is 0. The predicted octanol–water partition coefficient (Wildman–Crippen LogP) is 3.82. The summed E-state index contributed by atoms with van der Waals surface area (Å²) in [6.45, 7) is -0.342. The number of ether oxygens (including phenoxy) is 1. The molecule has 122 valence electrons. The van der Waals surface area contributed by atoms with Crippen LogP contribution in [0.1, 0.15) is 0 Å². The Morgan fingerprint density at radius 1 is 1.17 bits per heavy atom. The van der Waals surface area contributed by atoms with E-state index >= 15 is 0 Å². The topological polar surface area (TPSA) is 50.4 Å². The first-order valence-corrected chi connectivity index (χ1v) is 6.81. The van der Waals surface area contributed by atoms with E-state index in [0.717, 1.165) is 12.1 Å². The maximum atomic E-state index is 13.4. The number of anilines is 2. The minimum Gasteiger partial charge on any atom is -0.495 e. The molecule has 2 aromatic rings. The van der Waals surface area contributed by atoms with Crippen molar-refractivity contribution < 1.29 is 22.7 Å². The van der Waals surface area contributed by atoms with Crippen LogP contribution in [0.3, 0.4) is 0 Å². The minimum atomic E-state index is -1.60. The van der Waals surface area contributed by atoms with Gasteiger partial charge in [0.1, 0.15) is 5.75 Å². The molecule has 23 heavy (non-hydrogen) atoms. The molecule has 0 aliphatic heterocycles. The van der Waals surface area contributed by atoms with Gasteiger partial charge in [-0.25, -0.2) is 13.2 Å². The van der Waals surface area contributed by atoms with Crippen LogP contribution in [0.25, 0.3) is 0 Å². The van der Waals surface area contributed by atoms with Gasteiger partial charge in [-0.3, -0.25) is 4.79 Å². The zero-order chi connectivity index (χ0) is 17.0. The van der Waals surface area contributed by atoms with Gasteiger partial charge in [-0.15, -0.1) is 0 Å². The molecule has 0 saturated heterocycles. The van der Waals surface area contributed by atoms with E-state index in [1.54, 1.807) is 12.1 Å². The highest BCUT2D eigenvalue weighted by Crippen LogP contribution is 2.27. The minimum absolute atomic E-state index is 0.310. The van der Waals surface area contributed by atoms with Gasteiger partial charge in [-0.05, 0) is 30.3 Å². The molecule has 2 rings (SSSR count). The fourth-order valence-electron chi connectivity index (χ4n) is 1.79. The summed E-state index contributed by atoms with van der Waals surface area (Å²) in [7, 11) is 1.46. The fourth-order valence-corrected chi connectivity index (χ4v) is 2.04. The first-order valence-electron chi connectivity index (χ1n) is 6.43. The second kappa shape index (κ2) is 7.23. The zero-order valence-electron chi connectivity index (χ0n) is 11.9. The van der Waals surface area contributed by atoms with Gasteiger partial charge in [0.05, 0.1) is 24.4 Å². The van der Waals surface area contributed by atoms with Crippen molar-refractivity contribution in [2.75, 3.05) is 24.3 Å². The molecule has 0 heterocycles. The van der Waals surface area contributed by atoms with E-state index in [9.17, 15) is 18.0 Å². The Balaban J connectivity index is 1.98. The van der Waals surface area contributed by atoms with E-state index in [1.165, 1.54) is 13.2 Å². The van der Waals surface area contributed by atoms with E-state index in [0.29, 0.717) is 16.5 Å². The zero-order valence-corrected chi connectivity index (χ0v) is 12.7. The number of hydrogen-bond acceptors (Lipinski definition) is 3. The van der Waals surface area contributed by atoms with Gasteiger partial charge in [0.2, 0.25) is 5.91 Å². The summed E-state index contributed by atoms with van der Waals surface area (Å²) in [4.78, 5) is 11.8. The van der Waals surface area contributed by atoms with Crippen LogP contribution in [0.4, 0.5) is 24.5 Å². The summed E-state index contributed by atoms with van der Waals surface area (Å²) >= 11 is 5.92. The third-order valence-corrected chi connectivity index (χ3v) is 3.21. The molecule has 4 nitrogen and oxygen atoms in total. The van der Waals surface area contributed by atoms with Gasteiger partial charge in [0, 0.05) is 5.69 Å². The number of nitrogens with one attached hydrogen (secondary N) is 2. The Hall–Kier alpha value is -2.41. The van der Waals surface area contributed by atoms with Gasteiger partial charge in [0.15, 0.2) is 17.5 Å². The lowest BCUT2D eigenvalue weighted by molar-refractivity contribution is -0.114. The molecule has 0 spiro atoms. The molecule has 2 N–H and O–H groups in total. The summed E-state index contributed by atoms with van der Waals surface area (Å²) in [6, 6.07) is 6.39. The summed E-state index contributed by atoms with van der Waals surface area (Å²) in [5.74, 6) is -4.35. The third kappa shape index (κ3) is 4.07. The van der Waals surface area contributed by atoms with Crippen molar-refractivity contribution >= 4 is 28.9 Å². The Morgan fingerprint density at radius 2 is 1.91 bits per heavy atom. The van der Waals surface area contributed by atoms with Crippen molar-refractivity contribution in [3.05, 3.63) is 52.8 Å². The number of amides is 1. The average molecular weight is 345 g/mol. The standard InChI is InChI=1S/C15H12ClF3N2O2/c1-23-12-5-2-8(6-9(12)16)21-13(22)7-20-11-4-3-10(17)14(18)15(11)19/h2-6,20H,7H2,1H3,(H,21,22). The molecule has 0 atom stereocenters. The van der Waals surface area contributed by atoms with Crippen LogP contribution in [0, 0.1) is 17.5 Å². The van der Waals surface area contributed by atoms with E-state index in [-0.39, 0.29) is 12.2 Å². The second-order valence-corrected chi connectivity index (χ2v) is 4.88. The fraction of sp³-hybridized carbons (Fsp3) is 0.133. The van der Waals surface area contributed by atoms with Gasteiger partial charge in [-0.1, -0.05) is 11.6 Å². The van der Waals surface area contributed by atoms with Crippen molar-refractivity contribution in [1.29, 1.82) is 0 Å². The van der Waals surface area contributed by atoms with Crippen LogP contribution < -0.4 is 15.4 Å². The van der Waals surface area contributed by atoms with Crippen LogP contribution in [-0.4, -0.2) is 19.6 Å². The monoisotopic (exact) mass is 344 g/mol. The highest BCUT2D eigenvalue weighted by Gasteiger charge is 2.14.